The largest absolute Gasteiger partial charge is 0.395 e. The Kier molecular flexibility index (Phi) is 4.49. The van der Waals surface area contributed by atoms with Crippen molar-refractivity contribution in [2.24, 2.45) is 0 Å². The molecular formula is C11H16F2N2O. The molecule has 0 saturated heterocycles. The Morgan fingerprint density at radius 2 is 2.06 bits per heavy atom. The van der Waals surface area contributed by atoms with Crippen LogP contribution in [0.15, 0.2) is 12.1 Å². The van der Waals surface area contributed by atoms with E-state index in [1.165, 1.54) is 6.07 Å². The third-order valence-corrected chi connectivity index (χ3v) is 2.33. The van der Waals surface area contributed by atoms with Crippen LogP contribution in [0.2, 0.25) is 0 Å². The van der Waals surface area contributed by atoms with E-state index in [1.54, 1.807) is 19.1 Å². The Bertz CT molecular complexity index is 358. The molecule has 0 aromatic heterocycles. The maximum absolute atomic E-state index is 13.2. The molecule has 1 rings (SSSR count). The van der Waals surface area contributed by atoms with E-state index in [0.29, 0.717) is 18.8 Å². The fourth-order valence-electron chi connectivity index (χ4n) is 1.45. The van der Waals surface area contributed by atoms with Crippen molar-refractivity contribution in [1.29, 1.82) is 0 Å². The van der Waals surface area contributed by atoms with Crippen LogP contribution >= 0.6 is 0 Å². The Hall–Kier alpha value is -1.36. The van der Waals surface area contributed by atoms with Gasteiger partial charge < -0.3 is 15.4 Å². The Morgan fingerprint density at radius 1 is 1.38 bits per heavy atom. The summed E-state index contributed by atoms with van der Waals surface area (Å²) in [6.07, 6.45) is 0.768. The summed E-state index contributed by atoms with van der Waals surface area (Å²) in [7, 11) is 3.34. The molecule has 0 fully saturated rings. The van der Waals surface area contributed by atoms with Gasteiger partial charge >= 0.3 is 0 Å². The highest BCUT2D eigenvalue weighted by Crippen LogP contribution is 2.26. The van der Waals surface area contributed by atoms with E-state index in [1.807, 2.05) is 0 Å². The van der Waals surface area contributed by atoms with E-state index in [2.05, 4.69) is 0 Å². The molecule has 0 radical (unpaired) electrons. The smallest absolute Gasteiger partial charge is 0.151 e. The molecule has 0 aliphatic carbocycles. The molecule has 16 heavy (non-hydrogen) atoms. The molecule has 2 N–H and O–H groups in total. The van der Waals surface area contributed by atoms with Crippen molar-refractivity contribution < 1.29 is 13.5 Å². The predicted octanol–water partition coefficient (Wildman–Crippen LogP) is 2.02. The number of methoxy groups -OCH3 is 1. The van der Waals surface area contributed by atoms with Gasteiger partial charge in [-0.1, -0.05) is 0 Å². The van der Waals surface area contributed by atoms with Gasteiger partial charge in [-0.05, 0) is 12.5 Å². The van der Waals surface area contributed by atoms with Crippen LogP contribution < -0.4 is 10.6 Å². The van der Waals surface area contributed by atoms with Gasteiger partial charge in [-0.15, -0.1) is 0 Å². The van der Waals surface area contributed by atoms with Crippen LogP contribution in [-0.4, -0.2) is 27.3 Å². The van der Waals surface area contributed by atoms with Crippen LogP contribution in [0, 0.1) is 11.6 Å². The molecule has 1 aromatic carbocycles. The zero-order valence-corrected chi connectivity index (χ0v) is 9.46. The lowest BCUT2D eigenvalue weighted by Crippen LogP contribution is -2.21. The summed E-state index contributed by atoms with van der Waals surface area (Å²) in [6, 6.07) is 2.01. The first-order valence-electron chi connectivity index (χ1n) is 5.01. The molecule has 0 unspecified atom stereocenters. The van der Waals surface area contributed by atoms with Crippen LogP contribution in [-0.2, 0) is 4.74 Å². The van der Waals surface area contributed by atoms with Crippen LogP contribution in [0.4, 0.5) is 20.2 Å². The SMILES string of the molecule is COCCCN(C)c1cc(F)cc(F)c1N. The first-order chi connectivity index (χ1) is 7.56. The number of nitrogens with two attached hydrogens (primary N) is 1. The number of rotatable bonds is 5. The van der Waals surface area contributed by atoms with Gasteiger partial charge in [0.25, 0.3) is 0 Å². The summed E-state index contributed by atoms with van der Waals surface area (Å²) in [4.78, 5) is 1.71. The number of benzene rings is 1. The van der Waals surface area contributed by atoms with Gasteiger partial charge in [0.15, 0.2) is 5.82 Å². The quantitative estimate of drug-likeness (QED) is 0.621. The summed E-state index contributed by atoms with van der Waals surface area (Å²) in [5.41, 5.74) is 5.88. The molecule has 90 valence electrons. The normalized spacial score (nSPS) is 10.5. The number of ether oxygens (including phenoxy) is 1. The molecule has 1 aromatic rings. The molecule has 0 saturated carbocycles. The molecule has 0 amide bonds. The maximum Gasteiger partial charge on any atom is 0.151 e. The second-order valence-electron chi connectivity index (χ2n) is 3.59. The zero-order chi connectivity index (χ0) is 12.1. The van der Waals surface area contributed by atoms with Crippen molar-refractivity contribution in [2.75, 3.05) is 37.9 Å². The van der Waals surface area contributed by atoms with E-state index in [9.17, 15) is 8.78 Å². The molecule has 5 heteroatoms. The van der Waals surface area contributed by atoms with Crippen molar-refractivity contribution in [2.45, 2.75) is 6.42 Å². The number of anilines is 2. The lowest BCUT2D eigenvalue weighted by Gasteiger charge is -2.21. The standard InChI is InChI=1S/C11H16F2N2O/c1-15(4-3-5-16-2)10-7-8(12)6-9(13)11(10)14/h6-7H,3-5,14H2,1-2H3. The van der Waals surface area contributed by atoms with Crippen molar-refractivity contribution in [3.05, 3.63) is 23.8 Å². The third-order valence-electron chi connectivity index (χ3n) is 2.33. The number of nitrogens with zero attached hydrogens (tertiary/aromatic N) is 1. The van der Waals surface area contributed by atoms with Gasteiger partial charge in [0.1, 0.15) is 5.82 Å². The highest BCUT2D eigenvalue weighted by atomic mass is 19.1. The number of nitrogen functional groups attached to an aromatic ring is 1. The van der Waals surface area contributed by atoms with Crippen molar-refractivity contribution in [3.63, 3.8) is 0 Å². The molecule has 0 aliphatic heterocycles. The second kappa shape index (κ2) is 5.65. The lowest BCUT2D eigenvalue weighted by molar-refractivity contribution is 0.196. The molecule has 0 atom stereocenters. The minimum atomic E-state index is -0.728. The molecule has 0 spiro atoms. The first kappa shape index (κ1) is 12.7. The van der Waals surface area contributed by atoms with Crippen molar-refractivity contribution >= 4 is 11.4 Å². The highest BCUT2D eigenvalue weighted by molar-refractivity contribution is 5.67. The molecule has 0 heterocycles. The second-order valence-corrected chi connectivity index (χ2v) is 3.59. The Labute approximate surface area is 93.8 Å². The molecule has 0 bridgehead atoms. The van der Waals surface area contributed by atoms with Gasteiger partial charge in [0.2, 0.25) is 0 Å². The summed E-state index contributed by atoms with van der Waals surface area (Å²) in [5, 5.41) is 0. The fourth-order valence-corrected chi connectivity index (χ4v) is 1.45. The average Bonchev–Trinajstić information content (AvgIpc) is 2.23. The number of halogens is 2. The average molecular weight is 230 g/mol. The molecule has 0 aliphatic rings. The van der Waals surface area contributed by atoms with Gasteiger partial charge in [0.05, 0.1) is 11.4 Å². The summed E-state index contributed by atoms with van der Waals surface area (Å²) >= 11 is 0. The summed E-state index contributed by atoms with van der Waals surface area (Å²) in [5.74, 6) is -1.35. The topological polar surface area (TPSA) is 38.5 Å². The van der Waals surface area contributed by atoms with Crippen molar-refractivity contribution in [3.8, 4) is 0 Å². The van der Waals surface area contributed by atoms with Gasteiger partial charge in [0, 0.05) is 33.4 Å². The molecule has 3 nitrogen and oxygen atoms in total. The van der Waals surface area contributed by atoms with E-state index in [0.717, 1.165) is 12.5 Å². The third kappa shape index (κ3) is 3.06. The summed E-state index contributed by atoms with van der Waals surface area (Å²) in [6.45, 7) is 1.23. The van der Waals surface area contributed by atoms with Gasteiger partial charge in [-0.3, -0.25) is 0 Å². The van der Waals surface area contributed by atoms with Crippen molar-refractivity contribution in [1.82, 2.24) is 0 Å². The van der Waals surface area contributed by atoms with Gasteiger partial charge in [-0.2, -0.15) is 0 Å². The van der Waals surface area contributed by atoms with Gasteiger partial charge in [-0.25, -0.2) is 8.78 Å². The van der Waals surface area contributed by atoms with E-state index < -0.39 is 11.6 Å². The van der Waals surface area contributed by atoms with E-state index >= 15 is 0 Å². The number of hydrogen-bond acceptors (Lipinski definition) is 3. The monoisotopic (exact) mass is 230 g/mol. The fraction of sp³-hybridized carbons (Fsp3) is 0.455. The maximum atomic E-state index is 13.2. The first-order valence-corrected chi connectivity index (χ1v) is 5.01. The Balaban J connectivity index is 2.78. The van der Waals surface area contributed by atoms with E-state index in [-0.39, 0.29) is 5.69 Å². The minimum absolute atomic E-state index is 0.0266. The van der Waals surface area contributed by atoms with Crippen LogP contribution in [0.3, 0.4) is 0 Å². The van der Waals surface area contributed by atoms with Crippen LogP contribution in [0.1, 0.15) is 6.42 Å². The number of hydrogen-bond donors (Lipinski definition) is 1. The van der Waals surface area contributed by atoms with Crippen LogP contribution in [0.5, 0.6) is 0 Å². The minimum Gasteiger partial charge on any atom is -0.395 e. The van der Waals surface area contributed by atoms with E-state index in [4.69, 9.17) is 10.5 Å². The van der Waals surface area contributed by atoms with Crippen LogP contribution in [0.25, 0.3) is 0 Å². The lowest BCUT2D eigenvalue weighted by atomic mass is 10.2. The Morgan fingerprint density at radius 3 is 2.69 bits per heavy atom. The predicted molar refractivity (Wildman–Crippen MR) is 60.5 cm³/mol. The highest BCUT2D eigenvalue weighted by Gasteiger charge is 2.11. The summed E-state index contributed by atoms with van der Waals surface area (Å²) < 4.78 is 31.1. The molecular weight excluding hydrogens is 214 g/mol. The zero-order valence-electron chi connectivity index (χ0n) is 9.46.